The zero-order chi connectivity index (χ0) is 29.7. The topological polar surface area (TPSA) is 51.8 Å². The summed E-state index contributed by atoms with van der Waals surface area (Å²) in [7, 11) is 0. The van der Waals surface area contributed by atoms with Crippen LogP contribution in [0.5, 0.6) is 0 Å². The second kappa shape index (κ2) is 10.2. The van der Waals surface area contributed by atoms with E-state index in [1.165, 1.54) is 10.9 Å². The van der Waals surface area contributed by atoms with Crippen LogP contribution < -0.4 is 0 Å². The predicted molar refractivity (Wildman–Crippen MR) is 184 cm³/mol. The van der Waals surface area contributed by atoms with Crippen molar-refractivity contribution in [2.75, 3.05) is 0 Å². The van der Waals surface area contributed by atoms with Gasteiger partial charge in [-0.2, -0.15) is 0 Å². The summed E-state index contributed by atoms with van der Waals surface area (Å²) in [6, 6.07) is 52.2. The van der Waals surface area contributed by atoms with Gasteiger partial charge in [0.25, 0.3) is 0 Å². The van der Waals surface area contributed by atoms with Gasteiger partial charge < -0.3 is 4.42 Å². The van der Waals surface area contributed by atoms with Gasteiger partial charge in [0.2, 0.25) is 0 Å². The second-order valence-electron chi connectivity index (χ2n) is 11.2. The van der Waals surface area contributed by atoms with Crippen molar-refractivity contribution in [2.24, 2.45) is 0 Å². The predicted octanol–water partition coefficient (Wildman–Crippen LogP) is 10.7. The lowest BCUT2D eigenvalue weighted by molar-refractivity contribution is 0.669. The quantitative estimate of drug-likeness (QED) is 0.209. The lowest BCUT2D eigenvalue weighted by Crippen LogP contribution is -2.00. The maximum absolute atomic E-state index is 6.21. The molecule has 2 aromatic heterocycles. The summed E-state index contributed by atoms with van der Waals surface area (Å²) in [4.78, 5) is 14.9. The normalized spacial score (nSPS) is 11.6. The number of fused-ring (bicyclic) bond motifs is 5. The molecule has 45 heavy (non-hydrogen) atoms. The molecule has 0 fully saturated rings. The molecule has 7 aromatic carbocycles. The first kappa shape index (κ1) is 25.4. The molecule has 0 radical (unpaired) electrons. The molecular formula is C41H25N3O. The van der Waals surface area contributed by atoms with Crippen molar-refractivity contribution in [2.45, 2.75) is 0 Å². The highest BCUT2D eigenvalue weighted by Crippen LogP contribution is 2.40. The van der Waals surface area contributed by atoms with E-state index < -0.39 is 0 Å². The summed E-state index contributed by atoms with van der Waals surface area (Å²) in [5.41, 5.74) is 7.01. The Balaban J connectivity index is 1.27. The van der Waals surface area contributed by atoms with E-state index in [2.05, 4.69) is 78.9 Å². The summed E-state index contributed by atoms with van der Waals surface area (Å²) in [5, 5.41) is 6.81. The van der Waals surface area contributed by atoms with Crippen molar-refractivity contribution in [1.82, 2.24) is 15.0 Å². The van der Waals surface area contributed by atoms with Gasteiger partial charge in [-0.3, -0.25) is 0 Å². The fourth-order valence-electron chi connectivity index (χ4n) is 6.40. The smallest absolute Gasteiger partial charge is 0.164 e. The van der Waals surface area contributed by atoms with Crippen LogP contribution in [0.3, 0.4) is 0 Å². The van der Waals surface area contributed by atoms with Crippen LogP contribution in [0.25, 0.3) is 88.8 Å². The molecule has 0 amide bonds. The molecule has 0 spiro atoms. The number of nitrogens with zero attached hydrogens (tertiary/aromatic N) is 3. The summed E-state index contributed by atoms with van der Waals surface area (Å²) < 4.78 is 6.21. The van der Waals surface area contributed by atoms with Gasteiger partial charge in [-0.1, -0.05) is 133 Å². The first-order valence-electron chi connectivity index (χ1n) is 15.0. The minimum absolute atomic E-state index is 0.648. The van der Waals surface area contributed by atoms with Gasteiger partial charge in [0.15, 0.2) is 17.5 Å². The zero-order valence-electron chi connectivity index (χ0n) is 24.2. The number of furan rings is 1. The molecule has 9 rings (SSSR count). The molecule has 0 saturated heterocycles. The SMILES string of the molecule is c1ccc(-c2nc(-c3ccccc3)nc(-c3cccc4c(-c5cccc6cc7oc8ccccc8c7cc56)cccc34)n2)cc1. The number of hydrogen-bond acceptors (Lipinski definition) is 4. The Hall–Kier alpha value is -6.13. The highest BCUT2D eigenvalue weighted by molar-refractivity contribution is 6.15. The molecule has 2 heterocycles. The van der Waals surface area contributed by atoms with E-state index in [4.69, 9.17) is 19.4 Å². The van der Waals surface area contributed by atoms with Gasteiger partial charge in [0.1, 0.15) is 11.2 Å². The van der Waals surface area contributed by atoms with Gasteiger partial charge in [-0.15, -0.1) is 0 Å². The van der Waals surface area contributed by atoms with Gasteiger partial charge >= 0.3 is 0 Å². The Morgan fingerprint density at radius 1 is 0.333 bits per heavy atom. The van der Waals surface area contributed by atoms with Gasteiger partial charge in [0.05, 0.1) is 0 Å². The first-order valence-corrected chi connectivity index (χ1v) is 15.0. The molecule has 0 aliphatic heterocycles. The van der Waals surface area contributed by atoms with Crippen LogP contribution in [0.2, 0.25) is 0 Å². The van der Waals surface area contributed by atoms with Gasteiger partial charge in [-0.05, 0) is 50.9 Å². The van der Waals surface area contributed by atoms with Crippen LogP contribution >= 0.6 is 0 Å². The molecule has 4 heteroatoms. The largest absolute Gasteiger partial charge is 0.456 e. The summed E-state index contributed by atoms with van der Waals surface area (Å²) in [5.74, 6) is 1.95. The molecule has 210 valence electrons. The second-order valence-corrected chi connectivity index (χ2v) is 11.2. The average molecular weight is 576 g/mol. The Morgan fingerprint density at radius 2 is 0.867 bits per heavy atom. The number of benzene rings is 7. The van der Waals surface area contributed by atoms with E-state index in [9.17, 15) is 0 Å². The highest BCUT2D eigenvalue weighted by atomic mass is 16.3. The molecule has 0 bridgehead atoms. The van der Waals surface area contributed by atoms with Crippen molar-refractivity contribution < 1.29 is 4.42 Å². The minimum atomic E-state index is 0.648. The van der Waals surface area contributed by atoms with Crippen molar-refractivity contribution in [3.05, 3.63) is 152 Å². The Labute approximate surface area is 259 Å². The van der Waals surface area contributed by atoms with Crippen molar-refractivity contribution >= 4 is 43.5 Å². The Morgan fingerprint density at radius 3 is 1.58 bits per heavy atom. The van der Waals surface area contributed by atoms with Crippen LogP contribution in [-0.4, -0.2) is 15.0 Å². The lowest BCUT2D eigenvalue weighted by atomic mass is 9.91. The number of rotatable bonds is 4. The van der Waals surface area contributed by atoms with E-state index in [0.717, 1.165) is 60.4 Å². The van der Waals surface area contributed by atoms with E-state index in [1.807, 2.05) is 72.8 Å². The molecular weight excluding hydrogens is 550 g/mol. The molecule has 0 atom stereocenters. The maximum Gasteiger partial charge on any atom is 0.164 e. The average Bonchev–Trinajstić information content (AvgIpc) is 3.48. The Bertz CT molecular complexity index is 2480. The summed E-state index contributed by atoms with van der Waals surface area (Å²) in [6.07, 6.45) is 0. The van der Waals surface area contributed by atoms with Crippen LogP contribution in [0.4, 0.5) is 0 Å². The number of aromatic nitrogens is 3. The fourth-order valence-corrected chi connectivity index (χ4v) is 6.40. The van der Waals surface area contributed by atoms with Crippen LogP contribution in [0, 0.1) is 0 Å². The monoisotopic (exact) mass is 575 g/mol. The van der Waals surface area contributed by atoms with E-state index in [-0.39, 0.29) is 0 Å². The molecule has 0 unspecified atom stereocenters. The molecule has 4 nitrogen and oxygen atoms in total. The van der Waals surface area contributed by atoms with Crippen molar-refractivity contribution in [3.8, 4) is 45.3 Å². The van der Waals surface area contributed by atoms with E-state index in [0.29, 0.717) is 17.5 Å². The van der Waals surface area contributed by atoms with Gasteiger partial charge in [0, 0.05) is 27.5 Å². The third kappa shape index (κ3) is 4.27. The molecule has 0 aliphatic rings. The number of para-hydroxylation sites is 1. The highest BCUT2D eigenvalue weighted by Gasteiger charge is 2.17. The zero-order valence-corrected chi connectivity index (χ0v) is 24.2. The first-order chi connectivity index (χ1) is 22.3. The number of hydrogen-bond donors (Lipinski definition) is 0. The molecule has 0 N–H and O–H groups in total. The third-order valence-corrected chi connectivity index (χ3v) is 8.53. The van der Waals surface area contributed by atoms with Crippen molar-refractivity contribution in [1.29, 1.82) is 0 Å². The van der Waals surface area contributed by atoms with Crippen LogP contribution in [-0.2, 0) is 0 Å². The Kier molecular flexibility index (Phi) is 5.78. The third-order valence-electron chi connectivity index (χ3n) is 8.53. The molecule has 9 aromatic rings. The minimum Gasteiger partial charge on any atom is -0.456 e. The van der Waals surface area contributed by atoms with Crippen molar-refractivity contribution in [3.63, 3.8) is 0 Å². The van der Waals surface area contributed by atoms with Crippen LogP contribution in [0.1, 0.15) is 0 Å². The fraction of sp³-hybridized carbons (Fsp3) is 0. The van der Waals surface area contributed by atoms with Gasteiger partial charge in [-0.25, -0.2) is 15.0 Å². The van der Waals surface area contributed by atoms with E-state index >= 15 is 0 Å². The summed E-state index contributed by atoms with van der Waals surface area (Å²) >= 11 is 0. The molecule has 0 aliphatic carbocycles. The standard InChI is InChI=1S/C41H25N3O/c1-3-12-26(13-4-1)39-42-40(27-14-5-2-6-15-27)44-41(43-39)34-22-11-20-29-30(19-10-21-31(29)34)32-18-9-16-28-24-38-36(25-35(28)32)33-17-7-8-23-37(33)45-38/h1-25H. The maximum atomic E-state index is 6.21. The van der Waals surface area contributed by atoms with Crippen LogP contribution in [0.15, 0.2) is 156 Å². The van der Waals surface area contributed by atoms with E-state index in [1.54, 1.807) is 0 Å². The molecule has 0 saturated carbocycles. The lowest BCUT2D eigenvalue weighted by Gasteiger charge is -2.14. The summed E-state index contributed by atoms with van der Waals surface area (Å²) in [6.45, 7) is 0.